The summed E-state index contributed by atoms with van der Waals surface area (Å²) in [5.74, 6) is 0.634. The van der Waals surface area contributed by atoms with Crippen molar-refractivity contribution in [1.29, 1.82) is 0 Å². The van der Waals surface area contributed by atoms with Gasteiger partial charge in [0.05, 0.1) is 11.1 Å². The Labute approximate surface area is 137 Å². The number of likely N-dealkylation sites (N-methyl/N-ethyl adjacent to an activating group) is 1. The first kappa shape index (κ1) is 17.1. The van der Waals surface area contributed by atoms with Gasteiger partial charge in [0.2, 0.25) is 5.91 Å². The number of hydrogen-bond acceptors (Lipinski definition) is 4. The lowest BCUT2D eigenvalue weighted by Crippen LogP contribution is -2.43. The van der Waals surface area contributed by atoms with E-state index in [-0.39, 0.29) is 11.9 Å². The van der Waals surface area contributed by atoms with Gasteiger partial charge in [-0.1, -0.05) is 18.0 Å². The number of rotatable bonds is 6. The topological polar surface area (TPSA) is 53.6 Å². The predicted octanol–water partition coefficient (Wildman–Crippen LogP) is 2.36. The van der Waals surface area contributed by atoms with Crippen LogP contribution in [0.2, 0.25) is 5.02 Å². The third-order valence-corrected chi connectivity index (χ3v) is 3.92. The van der Waals surface area contributed by atoms with Gasteiger partial charge < -0.3 is 20.3 Å². The fourth-order valence-electron chi connectivity index (χ4n) is 2.34. The van der Waals surface area contributed by atoms with Crippen LogP contribution in [-0.2, 0) is 4.79 Å². The first-order valence-corrected chi connectivity index (χ1v) is 8.05. The van der Waals surface area contributed by atoms with Gasteiger partial charge in [0.15, 0.2) is 0 Å². The average Bonchev–Trinajstić information content (AvgIpc) is 2.50. The summed E-state index contributed by atoms with van der Waals surface area (Å²) in [6, 6.07) is 5.23. The van der Waals surface area contributed by atoms with Gasteiger partial charge in [-0.15, -0.1) is 0 Å². The van der Waals surface area contributed by atoms with E-state index in [0.717, 1.165) is 32.4 Å². The zero-order valence-electron chi connectivity index (χ0n) is 13.2. The zero-order valence-corrected chi connectivity index (χ0v) is 13.9. The Morgan fingerprint density at radius 2 is 2.27 bits per heavy atom. The van der Waals surface area contributed by atoms with E-state index >= 15 is 0 Å². The van der Waals surface area contributed by atoms with Crippen molar-refractivity contribution in [2.45, 2.75) is 25.3 Å². The fourth-order valence-corrected chi connectivity index (χ4v) is 2.57. The molecule has 0 saturated carbocycles. The van der Waals surface area contributed by atoms with Crippen LogP contribution in [0.5, 0.6) is 5.75 Å². The number of carbonyl (C=O) groups excluding carboxylic acids is 1. The minimum atomic E-state index is -0.108. The van der Waals surface area contributed by atoms with Crippen molar-refractivity contribution in [1.82, 2.24) is 10.2 Å². The molecule has 1 amide bonds. The lowest BCUT2D eigenvalue weighted by Gasteiger charge is -2.22. The molecule has 1 aliphatic rings. The molecule has 0 aromatic heterocycles. The number of halogens is 1. The van der Waals surface area contributed by atoms with E-state index in [4.69, 9.17) is 16.3 Å². The van der Waals surface area contributed by atoms with Crippen molar-refractivity contribution < 1.29 is 9.53 Å². The Hall–Kier alpha value is -1.30. The van der Waals surface area contributed by atoms with Crippen LogP contribution in [0.4, 0.5) is 5.69 Å². The summed E-state index contributed by atoms with van der Waals surface area (Å²) in [5, 5.41) is 6.64. The van der Waals surface area contributed by atoms with Gasteiger partial charge in [-0.3, -0.25) is 4.79 Å². The first-order valence-electron chi connectivity index (χ1n) is 7.67. The van der Waals surface area contributed by atoms with Gasteiger partial charge in [-0.25, -0.2) is 0 Å². The number of carbonyl (C=O) groups is 1. The fraction of sp³-hybridized carbons (Fsp3) is 0.562. The summed E-state index contributed by atoms with van der Waals surface area (Å²) in [6.07, 6.45) is 3.10. The van der Waals surface area contributed by atoms with E-state index in [1.165, 1.54) is 0 Å². The number of anilines is 1. The molecule has 2 rings (SSSR count). The summed E-state index contributed by atoms with van der Waals surface area (Å²) in [7, 11) is 3.98. The highest BCUT2D eigenvalue weighted by Gasteiger charge is 2.20. The standard InChI is InChI=1S/C16H24ClN3O2/c1-20(2)9-10-22-15-7-6-12(11-13(15)17)19-16(21)14-5-3-4-8-18-14/h6-7,11,14,18H,3-5,8-10H2,1-2H3,(H,19,21)/t14-/m1/s1. The summed E-state index contributed by atoms with van der Waals surface area (Å²) in [4.78, 5) is 14.2. The molecule has 1 aromatic carbocycles. The highest BCUT2D eigenvalue weighted by atomic mass is 35.5. The van der Waals surface area contributed by atoms with Crippen molar-refractivity contribution in [2.24, 2.45) is 0 Å². The van der Waals surface area contributed by atoms with Crippen molar-refractivity contribution in [3.63, 3.8) is 0 Å². The summed E-state index contributed by atoms with van der Waals surface area (Å²) >= 11 is 6.21. The van der Waals surface area contributed by atoms with Gasteiger partial charge in [0.1, 0.15) is 12.4 Å². The molecule has 5 nitrogen and oxygen atoms in total. The van der Waals surface area contributed by atoms with Crippen molar-refractivity contribution in [3.8, 4) is 5.75 Å². The zero-order chi connectivity index (χ0) is 15.9. The van der Waals surface area contributed by atoms with Crippen LogP contribution in [0.1, 0.15) is 19.3 Å². The van der Waals surface area contributed by atoms with E-state index in [2.05, 4.69) is 10.6 Å². The molecular weight excluding hydrogens is 302 g/mol. The molecule has 0 radical (unpaired) electrons. The number of hydrogen-bond donors (Lipinski definition) is 2. The van der Waals surface area contributed by atoms with Crippen LogP contribution in [0, 0.1) is 0 Å². The van der Waals surface area contributed by atoms with Crippen molar-refractivity contribution in [3.05, 3.63) is 23.2 Å². The highest BCUT2D eigenvalue weighted by Crippen LogP contribution is 2.27. The molecule has 6 heteroatoms. The minimum Gasteiger partial charge on any atom is -0.491 e. The molecule has 1 heterocycles. The lowest BCUT2D eigenvalue weighted by atomic mass is 10.0. The largest absolute Gasteiger partial charge is 0.491 e. The van der Waals surface area contributed by atoms with Crippen LogP contribution in [0.3, 0.4) is 0 Å². The Balaban J connectivity index is 1.89. The molecule has 1 fully saturated rings. The van der Waals surface area contributed by atoms with Crippen LogP contribution in [0.25, 0.3) is 0 Å². The number of ether oxygens (including phenoxy) is 1. The molecule has 1 saturated heterocycles. The SMILES string of the molecule is CN(C)CCOc1ccc(NC(=O)[C@H]2CCCCN2)cc1Cl. The molecule has 0 spiro atoms. The third-order valence-electron chi connectivity index (χ3n) is 3.62. The van der Waals surface area contributed by atoms with Gasteiger partial charge in [0.25, 0.3) is 0 Å². The van der Waals surface area contributed by atoms with Crippen LogP contribution >= 0.6 is 11.6 Å². The first-order chi connectivity index (χ1) is 10.6. The van der Waals surface area contributed by atoms with E-state index in [0.29, 0.717) is 23.1 Å². The Kier molecular flexibility index (Phi) is 6.49. The summed E-state index contributed by atoms with van der Waals surface area (Å²) < 4.78 is 5.63. The normalized spacial score (nSPS) is 18.3. The summed E-state index contributed by atoms with van der Waals surface area (Å²) in [6.45, 7) is 2.30. The Morgan fingerprint density at radius 1 is 1.45 bits per heavy atom. The van der Waals surface area contributed by atoms with Crippen LogP contribution in [-0.4, -0.2) is 50.6 Å². The number of nitrogens with zero attached hydrogens (tertiary/aromatic N) is 1. The molecule has 0 bridgehead atoms. The number of piperidine rings is 1. The predicted molar refractivity (Wildman–Crippen MR) is 89.8 cm³/mol. The highest BCUT2D eigenvalue weighted by molar-refractivity contribution is 6.32. The minimum absolute atomic E-state index is 0.00274. The maximum atomic E-state index is 12.2. The van der Waals surface area contributed by atoms with E-state index < -0.39 is 0 Å². The number of nitrogens with one attached hydrogen (secondary N) is 2. The monoisotopic (exact) mass is 325 g/mol. The number of benzene rings is 1. The molecule has 122 valence electrons. The second kappa shape index (κ2) is 8.36. The molecule has 2 N–H and O–H groups in total. The molecule has 1 atom stereocenters. The second-order valence-corrected chi connectivity index (χ2v) is 6.20. The van der Waals surface area contributed by atoms with Gasteiger partial charge in [0, 0.05) is 12.2 Å². The van der Waals surface area contributed by atoms with Gasteiger partial charge in [-0.05, 0) is 51.7 Å². The lowest BCUT2D eigenvalue weighted by molar-refractivity contribution is -0.118. The van der Waals surface area contributed by atoms with Crippen molar-refractivity contribution >= 4 is 23.2 Å². The molecule has 0 unspecified atom stereocenters. The van der Waals surface area contributed by atoms with Gasteiger partial charge >= 0.3 is 0 Å². The molecular formula is C16H24ClN3O2. The molecule has 1 aliphatic heterocycles. The molecule has 0 aliphatic carbocycles. The molecule has 22 heavy (non-hydrogen) atoms. The molecule has 1 aromatic rings. The van der Waals surface area contributed by atoms with E-state index in [1.807, 2.05) is 25.1 Å². The van der Waals surface area contributed by atoms with Gasteiger partial charge in [-0.2, -0.15) is 0 Å². The maximum absolute atomic E-state index is 12.2. The van der Waals surface area contributed by atoms with E-state index in [1.54, 1.807) is 12.1 Å². The third kappa shape index (κ3) is 5.16. The van der Waals surface area contributed by atoms with Crippen LogP contribution in [0.15, 0.2) is 18.2 Å². The quantitative estimate of drug-likeness (QED) is 0.843. The van der Waals surface area contributed by atoms with Crippen molar-refractivity contribution in [2.75, 3.05) is 39.1 Å². The summed E-state index contributed by atoms with van der Waals surface area (Å²) in [5.41, 5.74) is 0.697. The Morgan fingerprint density at radius 3 is 2.91 bits per heavy atom. The average molecular weight is 326 g/mol. The second-order valence-electron chi connectivity index (χ2n) is 5.79. The van der Waals surface area contributed by atoms with Crippen LogP contribution < -0.4 is 15.4 Å². The smallest absolute Gasteiger partial charge is 0.241 e. The van der Waals surface area contributed by atoms with E-state index in [9.17, 15) is 4.79 Å². The number of amides is 1. The maximum Gasteiger partial charge on any atom is 0.241 e. The Bertz CT molecular complexity index is 502.